The minimum absolute atomic E-state index is 0.0999. The third kappa shape index (κ3) is 4.52. The summed E-state index contributed by atoms with van der Waals surface area (Å²) in [5.74, 6) is 1.58. The van der Waals surface area contributed by atoms with Crippen molar-refractivity contribution in [1.82, 2.24) is 10.3 Å². The van der Waals surface area contributed by atoms with Crippen molar-refractivity contribution < 1.29 is 14.3 Å². The van der Waals surface area contributed by atoms with Crippen molar-refractivity contribution in [1.29, 1.82) is 0 Å². The molecule has 1 aliphatic rings. The Morgan fingerprint density at radius 1 is 1.23 bits per heavy atom. The van der Waals surface area contributed by atoms with E-state index in [-0.39, 0.29) is 11.9 Å². The maximum Gasteiger partial charge on any atom is 0.253 e. The van der Waals surface area contributed by atoms with Crippen LogP contribution in [0.4, 0.5) is 5.82 Å². The minimum atomic E-state index is -0.132. The summed E-state index contributed by atoms with van der Waals surface area (Å²) >= 11 is 0. The third-order valence-electron chi connectivity index (χ3n) is 4.38. The van der Waals surface area contributed by atoms with E-state index >= 15 is 0 Å². The quantitative estimate of drug-likeness (QED) is 0.863. The Labute approximate surface area is 154 Å². The summed E-state index contributed by atoms with van der Waals surface area (Å²) in [4.78, 5) is 19.1. The van der Waals surface area contributed by atoms with Gasteiger partial charge in [0.1, 0.15) is 11.6 Å². The first-order chi connectivity index (χ1) is 12.7. The van der Waals surface area contributed by atoms with Crippen LogP contribution in [0.1, 0.15) is 35.8 Å². The summed E-state index contributed by atoms with van der Waals surface area (Å²) in [7, 11) is 0. The number of benzene rings is 1. The largest absolute Gasteiger partial charge is 0.494 e. The third-order valence-corrected chi connectivity index (χ3v) is 4.38. The van der Waals surface area contributed by atoms with E-state index in [1.165, 1.54) is 0 Å². The van der Waals surface area contributed by atoms with E-state index in [4.69, 9.17) is 9.47 Å². The molecule has 6 nitrogen and oxygen atoms in total. The van der Waals surface area contributed by atoms with Gasteiger partial charge in [0.05, 0.1) is 31.4 Å². The van der Waals surface area contributed by atoms with E-state index in [1.54, 1.807) is 6.20 Å². The van der Waals surface area contributed by atoms with E-state index in [9.17, 15) is 4.79 Å². The van der Waals surface area contributed by atoms with E-state index in [2.05, 4.69) is 15.2 Å². The fourth-order valence-electron chi connectivity index (χ4n) is 2.88. The lowest BCUT2D eigenvalue weighted by molar-refractivity contribution is 0.0939. The Morgan fingerprint density at radius 2 is 1.96 bits per heavy atom. The number of amides is 1. The maximum atomic E-state index is 12.5. The van der Waals surface area contributed by atoms with Crippen LogP contribution < -0.4 is 15.0 Å². The molecule has 0 bridgehead atoms. The molecule has 6 heteroatoms. The average molecular weight is 355 g/mol. The molecule has 1 saturated heterocycles. The van der Waals surface area contributed by atoms with E-state index in [0.717, 1.165) is 30.2 Å². The molecule has 0 spiro atoms. The van der Waals surface area contributed by atoms with Crippen LogP contribution in [-0.4, -0.2) is 43.8 Å². The molecule has 0 radical (unpaired) electrons. The Hall–Kier alpha value is -2.60. The van der Waals surface area contributed by atoms with E-state index < -0.39 is 0 Å². The lowest BCUT2D eigenvalue weighted by Crippen LogP contribution is -2.36. The lowest BCUT2D eigenvalue weighted by Gasteiger charge is -2.27. The predicted molar refractivity (Wildman–Crippen MR) is 101 cm³/mol. The van der Waals surface area contributed by atoms with Crippen LogP contribution in [-0.2, 0) is 4.74 Å². The first kappa shape index (κ1) is 18.2. The molecule has 1 aromatic carbocycles. The number of nitrogens with zero attached hydrogens (tertiary/aromatic N) is 2. The number of hydrogen-bond acceptors (Lipinski definition) is 5. The van der Waals surface area contributed by atoms with Crippen molar-refractivity contribution in [2.24, 2.45) is 0 Å². The van der Waals surface area contributed by atoms with Gasteiger partial charge < -0.3 is 19.7 Å². The number of rotatable bonds is 6. The number of pyridine rings is 1. The van der Waals surface area contributed by atoms with Crippen LogP contribution in [0.2, 0.25) is 0 Å². The molecule has 0 aliphatic carbocycles. The van der Waals surface area contributed by atoms with Crippen molar-refractivity contribution in [3.8, 4) is 5.75 Å². The molecule has 0 unspecified atom stereocenters. The summed E-state index contributed by atoms with van der Waals surface area (Å²) in [6.07, 6.45) is 1.63. The zero-order valence-electron chi connectivity index (χ0n) is 15.3. The van der Waals surface area contributed by atoms with Gasteiger partial charge in [-0.2, -0.15) is 0 Å². The van der Waals surface area contributed by atoms with Crippen molar-refractivity contribution in [2.45, 2.75) is 19.9 Å². The van der Waals surface area contributed by atoms with E-state index in [1.807, 2.05) is 50.2 Å². The number of aromatic nitrogens is 1. The van der Waals surface area contributed by atoms with Crippen LogP contribution in [0.3, 0.4) is 0 Å². The van der Waals surface area contributed by atoms with Crippen molar-refractivity contribution >= 4 is 11.7 Å². The highest BCUT2D eigenvalue weighted by Crippen LogP contribution is 2.18. The summed E-state index contributed by atoms with van der Waals surface area (Å²) in [5.41, 5.74) is 1.58. The van der Waals surface area contributed by atoms with Crippen molar-refractivity contribution in [3.63, 3.8) is 0 Å². The van der Waals surface area contributed by atoms with Crippen LogP contribution in [0.5, 0.6) is 5.75 Å². The molecule has 1 aliphatic heterocycles. The van der Waals surface area contributed by atoms with Gasteiger partial charge >= 0.3 is 0 Å². The van der Waals surface area contributed by atoms with Crippen molar-refractivity contribution in [3.05, 3.63) is 53.7 Å². The zero-order chi connectivity index (χ0) is 18.4. The van der Waals surface area contributed by atoms with Gasteiger partial charge in [0, 0.05) is 19.3 Å². The number of carbonyl (C=O) groups is 1. The van der Waals surface area contributed by atoms with Gasteiger partial charge in [0.2, 0.25) is 0 Å². The summed E-state index contributed by atoms with van der Waals surface area (Å²) < 4.78 is 10.8. The van der Waals surface area contributed by atoms with Gasteiger partial charge in [-0.05, 0) is 43.7 Å². The van der Waals surface area contributed by atoms with Gasteiger partial charge in [-0.15, -0.1) is 0 Å². The molecule has 1 atom stereocenters. The van der Waals surface area contributed by atoms with Gasteiger partial charge in [-0.1, -0.05) is 12.1 Å². The van der Waals surface area contributed by atoms with Gasteiger partial charge in [-0.25, -0.2) is 4.98 Å². The number of carbonyl (C=O) groups excluding carboxylic acids is 1. The van der Waals surface area contributed by atoms with Crippen LogP contribution in [0.25, 0.3) is 0 Å². The molecule has 1 fully saturated rings. The number of hydrogen-bond donors (Lipinski definition) is 1. The van der Waals surface area contributed by atoms with Crippen LogP contribution in [0, 0.1) is 0 Å². The SMILES string of the molecule is CCOc1ccc([C@H](C)NC(=O)c2ccc(N3CCOCC3)nc2)cc1. The summed E-state index contributed by atoms with van der Waals surface area (Å²) in [6.45, 7) is 7.63. The zero-order valence-corrected chi connectivity index (χ0v) is 15.3. The highest BCUT2D eigenvalue weighted by molar-refractivity contribution is 5.94. The normalized spacial score (nSPS) is 15.4. The van der Waals surface area contributed by atoms with Gasteiger partial charge in [-0.3, -0.25) is 4.79 Å². The first-order valence-corrected chi connectivity index (χ1v) is 8.99. The highest BCUT2D eigenvalue weighted by Gasteiger charge is 2.15. The summed E-state index contributed by atoms with van der Waals surface area (Å²) in [5, 5.41) is 3.01. The number of ether oxygens (including phenoxy) is 2. The Balaban J connectivity index is 1.59. The lowest BCUT2D eigenvalue weighted by atomic mass is 10.1. The molecule has 1 aromatic heterocycles. The molecular formula is C20H25N3O3. The minimum Gasteiger partial charge on any atom is -0.494 e. The van der Waals surface area contributed by atoms with Gasteiger partial charge in [0.15, 0.2) is 0 Å². The summed E-state index contributed by atoms with van der Waals surface area (Å²) in [6, 6.07) is 11.4. The first-order valence-electron chi connectivity index (χ1n) is 8.99. The number of nitrogens with one attached hydrogen (secondary N) is 1. The predicted octanol–water partition coefficient (Wildman–Crippen LogP) is 2.81. The molecule has 138 valence electrons. The van der Waals surface area contributed by atoms with Crippen LogP contribution >= 0.6 is 0 Å². The monoisotopic (exact) mass is 355 g/mol. The van der Waals surface area contributed by atoms with E-state index in [0.29, 0.717) is 25.4 Å². The maximum absolute atomic E-state index is 12.5. The molecule has 1 N–H and O–H groups in total. The average Bonchev–Trinajstić information content (AvgIpc) is 2.69. The molecule has 3 rings (SSSR count). The standard InChI is InChI=1S/C20H25N3O3/c1-3-26-18-7-4-16(5-8-18)15(2)22-20(24)17-6-9-19(21-14-17)23-10-12-25-13-11-23/h4-9,14-15H,3,10-13H2,1-2H3,(H,22,24)/t15-/m0/s1. The second kappa shape index (κ2) is 8.67. The smallest absolute Gasteiger partial charge is 0.253 e. The van der Waals surface area contributed by atoms with Crippen molar-refractivity contribution in [2.75, 3.05) is 37.8 Å². The molecule has 26 heavy (non-hydrogen) atoms. The fraction of sp³-hybridized carbons (Fsp3) is 0.400. The number of anilines is 1. The molecule has 1 amide bonds. The Morgan fingerprint density at radius 3 is 2.58 bits per heavy atom. The van der Waals surface area contributed by atoms with Gasteiger partial charge in [0.25, 0.3) is 5.91 Å². The highest BCUT2D eigenvalue weighted by atomic mass is 16.5. The second-order valence-electron chi connectivity index (χ2n) is 6.20. The molecule has 2 aromatic rings. The number of morpholine rings is 1. The Bertz CT molecular complexity index is 710. The van der Waals surface area contributed by atoms with Crippen LogP contribution in [0.15, 0.2) is 42.6 Å². The second-order valence-corrected chi connectivity index (χ2v) is 6.20. The molecule has 0 saturated carbocycles. The molecule has 2 heterocycles. The topological polar surface area (TPSA) is 63.7 Å². The fourth-order valence-corrected chi connectivity index (χ4v) is 2.88. The Kier molecular flexibility index (Phi) is 6.07. The molecular weight excluding hydrogens is 330 g/mol.